The standard InChI is InChI=1S/C16H16N4O2/c1-19(2)10-15-17-14-9-12(20(21)22)8-13(16(14)18-15)11-6-4-3-5-7-11/h3-9H,10H2,1-2H3,(H,17,18). The van der Waals surface area contributed by atoms with Crippen LogP contribution in [-0.4, -0.2) is 33.9 Å². The number of fused-ring (bicyclic) bond motifs is 1. The molecule has 0 spiro atoms. The van der Waals surface area contributed by atoms with Crippen LogP contribution in [0, 0.1) is 10.1 Å². The maximum Gasteiger partial charge on any atom is 0.272 e. The smallest absolute Gasteiger partial charge is 0.272 e. The number of benzene rings is 2. The van der Waals surface area contributed by atoms with E-state index in [1.807, 2.05) is 49.3 Å². The Morgan fingerprint density at radius 2 is 1.95 bits per heavy atom. The fraction of sp³-hybridized carbons (Fsp3) is 0.188. The first kappa shape index (κ1) is 14.2. The van der Waals surface area contributed by atoms with Gasteiger partial charge in [-0.15, -0.1) is 0 Å². The second-order valence-electron chi connectivity index (χ2n) is 5.43. The fourth-order valence-electron chi connectivity index (χ4n) is 2.47. The van der Waals surface area contributed by atoms with Crippen molar-refractivity contribution in [1.82, 2.24) is 14.9 Å². The summed E-state index contributed by atoms with van der Waals surface area (Å²) in [5.41, 5.74) is 3.19. The van der Waals surface area contributed by atoms with Crippen molar-refractivity contribution in [3.8, 4) is 11.1 Å². The number of H-pyrrole nitrogens is 1. The summed E-state index contributed by atoms with van der Waals surface area (Å²) in [5, 5.41) is 11.2. The van der Waals surface area contributed by atoms with Crippen molar-refractivity contribution in [1.29, 1.82) is 0 Å². The molecule has 22 heavy (non-hydrogen) atoms. The molecule has 0 amide bonds. The predicted octanol–water partition coefficient (Wildman–Crippen LogP) is 3.20. The lowest BCUT2D eigenvalue weighted by Gasteiger charge is -2.05. The highest BCUT2D eigenvalue weighted by Gasteiger charge is 2.16. The average molecular weight is 296 g/mol. The molecule has 6 nitrogen and oxygen atoms in total. The topological polar surface area (TPSA) is 75.1 Å². The fourth-order valence-corrected chi connectivity index (χ4v) is 2.47. The molecular formula is C16H16N4O2. The predicted molar refractivity (Wildman–Crippen MR) is 85.6 cm³/mol. The van der Waals surface area contributed by atoms with Crippen LogP contribution in [-0.2, 0) is 6.54 Å². The molecule has 0 saturated heterocycles. The van der Waals surface area contributed by atoms with Gasteiger partial charge in [-0.25, -0.2) is 4.98 Å². The number of rotatable bonds is 4. The molecule has 3 rings (SSSR count). The van der Waals surface area contributed by atoms with Gasteiger partial charge in [0.15, 0.2) is 0 Å². The van der Waals surface area contributed by atoms with Gasteiger partial charge in [-0.2, -0.15) is 0 Å². The van der Waals surface area contributed by atoms with Crippen LogP contribution in [0.15, 0.2) is 42.5 Å². The molecule has 6 heteroatoms. The molecule has 1 heterocycles. The SMILES string of the molecule is CN(C)Cc1nc2c(-c3ccccc3)cc([N+](=O)[O-])cc2[nH]1. The molecular weight excluding hydrogens is 280 g/mol. The van der Waals surface area contributed by atoms with Crippen LogP contribution in [0.1, 0.15) is 5.82 Å². The first-order valence-electron chi connectivity index (χ1n) is 6.92. The zero-order chi connectivity index (χ0) is 15.7. The highest BCUT2D eigenvalue weighted by atomic mass is 16.6. The number of imidazole rings is 1. The molecule has 0 aliphatic rings. The van der Waals surface area contributed by atoms with Crippen molar-refractivity contribution in [2.24, 2.45) is 0 Å². The normalized spacial score (nSPS) is 11.2. The summed E-state index contributed by atoms with van der Waals surface area (Å²) in [6.07, 6.45) is 0. The summed E-state index contributed by atoms with van der Waals surface area (Å²) in [7, 11) is 3.90. The number of hydrogen-bond donors (Lipinski definition) is 1. The summed E-state index contributed by atoms with van der Waals surface area (Å²) in [5.74, 6) is 0.790. The molecule has 1 N–H and O–H groups in total. The van der Waals surface area contributed by atoms with E-state index in [9.17, 15) is 10.1 Å². The lowest BCUT2D eigenvalue weighted by molar-refractivity contribution is -0.384. The van der Waals surface area contributed by atoms with E-state index < -0.39 is 0 Å². The number of nitrogens with one attached hydrogen (secondary N) is 1. The Morgan fingerprint density at radius 1 is 1.23 bits per heavy atom. The first-order chi connectivity index (χ1) is 10.5. The van der Waals surface area contributed by atoms with Crippen LogP contribution < -0.4 is 0 Å². The van der Waals surface area contributed by atoms with Crippen LogP contribution in [0.5, 0.6) is 0 Å². The van der Waals surface area contributed by atoms with Gasteiger partial charge in [0.2, 0.25) is 0 Å². The van der Waals surface area contributed by atoms with Gasteiger partial charge in [0.25, 0.3) is 5.69 Å². The van der Waals surface area contributed by atoms with E-state index in [1.54, 1.807) is 6.07 Å². The Labute approximate surface area is 127 Å². The zero-order valence-corrected chi connectivity index (χ0v) is 12.4. The highest BCUT2D eigenvalue weighted by molar-refractivity contribution is 5.94. The monoisotopic (exact) mass is 296 g/mol. The number of nitro benzene ring substituents is 1. The maximum absolute atomic E-state index is 11.2. The number of aromatic amines is 1. The highest BCUT2D eigenvalue weighted by Crippen LogP contribution is 2.31. The Bertz CT molecular complexity index is 825. The second kappa shape index (κ2) is 5.57. The lowest BCUT2D eigenvalue weighted by Crippen LogP contribution is -2.11. The zero-order valence-electron chi connectivity index (χ0n) is 12.4. The van der Waals surface area contributed by atoms with E-state index in [2.05, 4.69) is 9.97 Å². The first-order valence-corrected chi connectivity index (χ1v) is 6.92. The van der Waals surface area contributed by atoms with Gasteiger partial charge in [0.1, 0.15) is 5.82 Å². The lowest BCUT2D eigenvalue weighted by atomic mass is 10.0. The molecule has 0 fully saturated rings. The molecule has 1 aromatic heterocycles. The Morgan fingerprint density at radius 3 is 2.59 bits per heavy atom. The molecule has 0 unspecified atom stereocenters. The van der Waals surface area contributed by atoms with Gasteiger partial charge >= 0.3 is 0 Å². The maximum atomic E-state index is 11.2. The third-order valence-corrected chi connectivity index (χ3v) is 3.38. The van der Waals surface area contributed by atoms with Gasteiger partial charge in [0.05, 0.1) is 22.5 Å². The number of aromatic nitrogens is 2. The summed E-state index contributed by atoms with van der Waals surface area (Å²) in [6, 6.07) is 12.7. The van der Waals surface area contributed by atoms with Gasteiger partial charge in [-0.3, -0.25) is 10.1 Å². The number of nitro groups is 1. The third kappa shape index (κ3) is 2.68. The van der Waals surface area contributed by atoms with Crippen LogP contribution in [0.3, 0.4) is 0 Å². The molecule has 0 atom stereocenters. The molecule has 0 saturated carbocycles. The number of hydrogen-bond acceptors (Lipinski definition) is 4. The van der Waals surface area contributed by atoms with E-state index in [-0.39, 0.29) is 10.6 Å². The average Bonchev–Trinajstić information content (AvgIpc) is 2.88. The second-order valence-corrected chi connectivity index (χ2v) is 5.43. The Hall–Kier alpha value is -2.73. The van der Waals surface area contributed by atoms with Crippen LogP contribution in [0.25, 0.3) is 22.2 Å². The van der Waals surface area contributed by atoms with Gasteiger partial charge in [-0.05, 0) is 19.7 Å². The van der Waals surface area contributed by atoms with Crippen molar-refractivity contribution in [3.63, 3.8) is 0 Å². The third-order valence-electron chi connectivity index (χ3n) is 3.38. The van der Waals surface area contributed by atoms with Gasteiger partial charge in [-0.1, -0.05) is 30.3 Å². The quantitative estimate of drug-likeness (QED) is 0.592. The molecule has 0 aliphatic carbocycles. The molecule has 0 bridgehead atoms. The van der Waals surface area contributed by atoms with Gasteiger partial charge < -0.3 is 9.88 Å². The summed E-state index contributed by atoms with van der Waals surface area (Å²) >= 11 is 0. The van der Waals surface area contributed by atoms with Crippen molar-refractivity contribution in [3.05, 3.63) is 58.4 Å². The number of nitrogens with zero attached hydrogens (tertiary/aromatic N) is 3. The Kier molecular flexibility index (Phi) is 3.60. The molecule has 0 aliphatic heterocycles. The minimum atomic E-state index is -0.377. The summed E-state index contributed by atoms with van der Waals surface area (Å²) in [6.45, 7) is 0.650. The minimum Gasteiger partial charge on any atom is -0.341 e. The minimum absolute atomic E-state index is 0.0615. The number of non-ortho nitro benzene ring substituents is 1. The molecule has 3 aromatic rings. The van der Waals surface area contributed by atoms with E-state index in [0.717, 1.165) is 22.5 Å². The largest absolute Gasteiger partial charge is 0.341 e. The van der Waals surface area contributed by atoms with Crippen LogP contribution in [0.4, 0.5) is 5.69 Å². The van der Waals surface area contributed by atoms with Crippen molar-refractivity contribution < 1.29 is 4.92 Å². The van der Waals surface area contributed by atoms with Crippen molar-refractivity contribution in [2.45, 2.75) is 6.54 Å². The summed E-state index contributed by atoms with van der Waals surface area (Å²) < 4.78 is 0. The van der Waals surface area contributed by atoms with Gasteiger partial charge in [0, 0.05) is 17.7 Å². The van der Waals surface area contributed by atoms with Crippen LogP contribution in [0.2, 0.25) is 0 Å². The van der Waals surface area contributed by atoms with Crippen LogP contribution >= 0.6 is 0 Å². The van der Waals surface area contributed by atoms with E-state index in [1.165, 1.54) is 6.07 Å². The van der Waals surface area contributed by atoms with Crippen molar-refractivity contribution >= 4 is 16.7 Å². The Balaban J connectivity index is 2.23. The van der Waals surface area contributed by atoms with E-state index >= 15 is 0 Å². The van der Waals surface area contributed by atoms with E-state index in [4.69, 9.17) is 0 Å². The van der Waals surface area contributed by atoms with E-state index in [0.29, 0.717) is 12.1 Å². The molecule has 112 valence electrons. The molecule has 2 aromatic carbocycles. The summed E-state index contributed by atoms with van der Waals surface area (Å²) in [4.78, 5) is 20.6. The van der Waals surface area contributed by atoms with Crippen molar-refractivity contribution in [2.75, 3.05) is 14.1 Å². The molecule has 0 radical (unpaired) electrons.